The molecule has 0 fully saturated rings. The molecule has 0 unspecified atom stereocenters. The van der Waals surface area contributed by atoms with Gasteiger partial charge in [-0.15, -0.1) is 0 Å². The molecule has 0 aliphatic carbocycles. The van der Waals surface area contributed by atoms with E-state index in [-0.39, 0.29) is 18.4 Å². The Labute approximate surface area is 119 Å². The van der Waals surface area contributed by atoms with E-state index in [0.717, 1.165) is 5.56 Å². The molecule has 110 valence electrons. The molecule has 0 aromatic heterocycles. The van der Waals surface area contributed by atoms with Gasteiger partial charge in [0.05, 0.1) is 0 Å². The first-order valence-corrected chi connectivity index (χ1v) is 6.70. The fourth-order valence-corrected chi connectivity index (χ4v) is 1.65. The molecule has 1 aromatic rings. The normalized spacial score (nSPS) is 10.2. The van der Waals surface area contributed by atoms with Crippen LogP contribution >= 0.6 is 0 Å². The number of hydrogen-bond acceptors (Lipinski definition) is 3. The molecule has 1 aromatic carbocycles. The smallest absolute Gasteiger partial charge is 0.407 e. The molecular formula is C15H22N2O3. The summed E-state index contributed by atoms with van der Waals surface area (Å²) in [6.07, 6.45) is -0.473. The lowest BCUT2D eigenvalue weighted by atomic mass is 10.2. The van der Waals surface area contributed by atoms with Crippen molar-refractivity contribution in [1.82, 2.24) is 10.2 Å². The lowest BCUT2D eigenvalue weighted by Gasteiger charge is -2.19. The van der Waals surface area contributed by atoms with Crippen LogP contribution in [0, 0.1) is 5.92 Å². The Balaban J connectivity index is 2.19. The van der Waals surface area contributed by atoms with Gasteiger partial charge in [0.25, 0.3) is 0 Å². The van der Waals surface area contributed by atoms with E-state index in [0.29, 0.717) is 13.1 Å². The second-order valence-electron chi connectivity index (χ2n) is 4.90. The molecule has 2 amide bonds. The summed E-state index contributed by atoms with van der Waals surface area (Å²) in [5.74, 6) is 0.0227. The Morgan fingerprint density at radius 2 is 1.90 bits per heavy atom. The van der Waals surface area contributed by atoms with Crippen molar-refractivity contribution in [3.8, 4) is 0 Å². The van der Waals surface area contributed by atoms with Crippen molar-refractivity contribution in [1.29, 1.82) is 0 Å². The molecule has 0 heterocycles. The summed E-state index contributed by atoms with van der Waals surface area (Å²) in [4.78, 5) is 24.7. The van der Waals surface area contributed by atoms with Crippen LogP contribution in [0.5, 0.6) is 0 Å². The number of amides is 2. The maximum atomic E-state index is 11.6. The number of ether oxygens (including phenoxy) is 1. The molecule has 0 bridgehead atoms. The van der Waals surface area contributed by atoms with E-state index in [1.807, 2.05) is 44.2 Å². The lowest BCUT2D eigenvalue weighted by Crippen LogP contribution is -2.38. The Morgan fingerprint density at radius 3 is 2.50 bits per heavy atom. The SMILES string of the molecule is CC(C)C(=O)N(C)CCNC(=O)OCc1ccccc1. The fraction of sp³-hybridized carbons (Fsp3) is 0.467. The first-order chi connectivity index (χ1) is 9.50. The van der Waals surface area contributed by atoms with Gasteiger partial charge >= 0.3 is 6.09 Å². The highest BCUT2D eigenvalue weighted by Gasteiger charge is 2.12. The van der Waals surface area contributed by atoms with E-state index in [2.05, 4.69) is 5.32 Å². The van der Waals surface area contributed by atoms with E-state index >= 15 is 0 Å². The van der Waals surface area contributed by atoms with Gasteiger partial charge in [-0.05, 0) is 5.56 Å². The standard InChI is InChI=1S/C15H22N2O3/c1-12(2)14(18)17(3)10-9-16-15(19)20-11-13-7-5-4-6-8-13/h4-8,12H,9-11H2,1-3H3,(H,16,19). The zero-order valence-corrected chi connectivity index (χ0v) is 12.3. The summed E-state index contributed by atoms with van der Waals surface area (Å²) in [6, 6.07) is 9.47. The van der Waals surface area contributed by atoms with Crippen LogP contribution in [0.3, 0.4) is 0 Å². The number of carbonyl (C=O) groups excluding carboxylic acids is 2. The molecule has 20 heavy (non-hydrogen) atoms. The average Bonchev–Trinajstić information content (AvgIpc) is 2.45. The van der Waals surface area contributed by atoms with Crippen LogP contribution in [0.15, 0.2) is 30.3 Å². The molecule has 0 atom stereocenters. The van der Waals surface area contributed by atoms with Gasteiger partial charge in [-0.3, -0.25) is 4.79 Å². The predicted octanol–water partition coefficient (Wildman–Crippen LogP) is 2.03. The highest BCUT2D eigenvalue weighted by atomic mass is 16.5. The predicted molar refractivity (Wildman–Crippen MR) is 77.1 cm³/mol. The molecule has 5 nitrogen and oxygen atoms in total. The second-order valence-corrected chi connectivity index (χ2v) is 4.90. The van der Waals surface area contributed by atoms with Crippen LogP contribution in [0.2, 0.25) is 0 Å². The summed E-state index contributed by atoms with van der Waals surface area (Å²) in [7, 11) is 1.72. The van der Waals surface area contributed by atoms with Crippen molar-refractivity contribution in [3.63, 3.8) is 0 Å². The maximum Gasteiger partial charge on any atom is 0.407 e. The number of likely N-dealkylation sites (N-methyl/N-ethyl adjacent to an activating group) is 1. The van der Waals surface area contributed by atoms with Crippen LogP contribution < -0.4 is 5.32 Å². The minimum absolute atomic E-state index is 0.0370. The quantitative estimate of drug-likeness (QED) is 0.866. The molecule has 0 saturated heterocycles. The molecule has 1 N–H and O–H groups in total. The minimum Gasteiger partial charge on any atom is -0.445 e. The number of benzene rings is 1. The Kier molecular flexibility index (Phi) is 6.56. The Morgan fingerprint density at radius 1 is 1.25 bits per heavy atom. The van der Waals surface area contributed by atoms with Crippen molar-refractivity contribution >= 4 is 12.0 Å². The summed E-state index contributed by atoms with van der Waals surface area (Å²) in [6.45, 7) is 4.79. The molecule has 1 rings (SSSR count). The molecular weight excluding hydrogens is 256 g/mol. The number of hydrogen-bond donors (Lipinski definition) is 1. The topological polar surface area (TPSA) is 58.6 Å². The summed E-state index contributed by atoms with van der Waals surface area (Å²) in [5, 5.41) is 2.62. The Hall–Kier alpha value is -2.04. The number of nitrogens with one attached hydrogen (secondary N) is 1. The third-order valence-electron chi connectivity index (χ3n) is 2.80. The van der Waals surface area contributed by atoms with Crippen LogP contribution in [-0.4, -0.2) is 37.0 Å². The van der Waals surface area contributed by atoms with Gasteiger partial charge in [0.1, 0.15) is 6.61 Å². The monoisotopic (exact) mass is 278 g/mol. The Bertz CT molecular complexity index is 432. The van der Waals surface area contributed by atoms with Gasteiger partial charge in [0.2, 0.25) is 5.91 Å². The molecule has 5 heteroatoms. The van der Waals surface area contributed by atoms with E-state index in [1.165, 1.54) is 0 Å². The molecule has 0 radical (unpaired) electrons. The summed E-state index contributed by atoms with van der Waals surface area (Å²) < 4.78 is 5.06. The van der Waals surface area contributed by atoms with Gasteiger partial charge in [-0.2, -0.15) is 0 Å². The van der Waals surface area contributed by atoms with Gasteiger partial charge in [0, 0.05) is 26.1 Å². The summed E-state index contributed by atoms with van der Waals surface area (Å²) in [5.41, 5.74) is 0.940. The maximum absolute atomic E-state index is 11.6. The van der Waals surface area contributed by atoms with Gasteiger partial charge < -0.3 is 15.0 Å². The third-order valence-corrected chi connectivity index (χ3v) is 2.80. The first kappa shape index (κ1) is 16.0. The van der Waals surface area contributed by atoms with Crippen molar-refractivity contribution < 1.29 is 14.3 Å². The summed E-state index contributed by atoms with van der Waals surface area (Å²) >= 11 is 0. The number of alkyl carbamates (subject to hydrolysis) is 1. The van der Waals surface area contributed by atoms with Crippen LogP contribution in [0.1, 0.15) is 19.4 Å². The largest absolute Gasteiger partial charge is 0.445 e. The van der Waals surface area contributed by atoms with Crippen LogP contribution in [0.25, 0.3) is 0 Å². The zero-order valence-electron chi connectivity index (χ0n) is 12.3. The number of carbonyl (C=O) groups is 2. The van der Waals surface area contributed by atoms with Crippen LogP contribution in [0.4, 0.5) is 4.79 Å². The van der Waals surface area contributed by atoms with E-state index in [1.54, 1.807) is 11.9 Å². The fourth-order valence-electron chi connectivity index (χ4n) is 1.65. The first-order valence-electron chi connectivity index (χ1n) is 6.70. The highest BCUT2D eigenvalue weighted by Crippen LogP contribution is 2.00. The van der Waals surface area contributed by atoms with Gasteiger partial charge in [-0.1, -0.05) is 44.2 Å². The number of nitrogens with zero attached hydrogens (tertiary/aromatic N) is 1. The van der Waals surface area contributed by atoms with Crippen LogP contribution in [-0.2, 0) is 16.1 Å². The lowest BCUT2D eigenvalue weighted by molar-refractivity contribution is -0.133. The van der Waals surface area contributed by atoms with Gasteiger partial charge in [-0.25, -0.2) is 4.79 Å². The van der Waals surface area contributed by atoms with Crippen molar-refractivity contribution in [3.05, 3.63) is 35.9 Å². The second kappa shape index (κ2) is 8.19. The molecule has 0 aliphatic rings. The van der Waals surface area contributed by atoms with E-state index < -0.39 is 6.09 Å². The van der Waals surface area contributed by atoms with E-state index in [9.17, 15) is 9.59 Å². The zero-order chi connectivity index (χ0) is 15.0. The molecule has 0 saturated carbocycles. The van der Waals surface area contributed by atoms with Crippen molar-refractivity contribution in [2.24, 2.45) is 5.92 Å². The third kappa shape index (κ3) is 5.73. The van der Waals surface area contributed by atoms with Crippen molar-refractivity contribution in [2.45, 2.75) is 20.5 Å². The van der Waals surface area contributed by atoms with Gasteiger partial charge in [0.15, 0.2) is 0 Å². The minimum atomic E-state index is -0.473. The molecule has 0 spiro atoms. The molecule has 0 aliphatic heterocycles. The van der Waals surface area contributed by atoms with E-state index in [4.69, 9.17) is 4.74 Å². The number of rotatable bonds is 6. The average molecular weight is 278 g/mol. The highest BCUT2D eigenvalue weighted by molar-refractivity contribution is 5.77. The van der Waals surface area contributed by atoms with Crippen molar-refractivity contribution in [2.75, 3.05) is 20.1 Å².